The molecule has 0 spiro atoms. The third-order valence-electron chi connectivity index (χ3n) is 16.6. The molecule has 8 amide bonds. The highest BCUT2D eigenvalue weighted by molar-refractivity contribution is 7.14. The number of carbonyl (C=O) groups excluding carboxylic acids is 8. The minimum Gasteiger partial charge on any atom is -0.441 e. The minimum absolute atomic E-state index is 0.0330. The van der Waals surface area contributed by atoms with Gasteiger partial charge in [-0.1, -0.05) is 6.92 Å². The molecule has 106 heavy (non-hydrogen) atoms. The number of aromatic amines is 1. The Balaban J connectivity index is 1.17. The maximum absolute atomic E-state index is 15.2. The van der Waals surface area contributed by atoms with Crippen molar-refractivity contribution in [1.29, 1.82) is 0 Å². The number of thiazole rings is 2. The monoisotopic (exact) mass is 1540 g/mol. The van der Waals surface area contributed by atoms with E-state index in [0.29, 0.717) is 60.7 Å². The number of aliphatic imine (C=N–C) groups is 2. The van der Waals surface area contributed by atoms with Crippen LogP contribution in [0.15, 0.2) is 33.3 Å². The fourth-order valence-electron chi connectivity index (χ4n) is 10.6. The van der Waals surface area contributed by atoms with Crippen molar-refractivity contribution in [1.82, 2.24) is 67.1 Å². The first-order chi connectivity index (χ1) is 50.2. The third-order valence-corrected chi connectivity index (χ3v) is 18.4. The molecule has 2 fully saturated rings. The van der Waals surface area contributed by atoms with E-state index in [2.05, 4.69) is 77.1 Å². The molecule has 0 radical (unpaired) electrons. The number of imidazole rings is 1. The van der Waals surface area contributed by atoms with Crippen molar-refractivity contribution in [2.24, 2.45) is 56.0 Å². The largest absolute Gasteiger partial charge is 0.441 e. The van der Waals surface area contributed by atoms with E-state index in [9.17, 15) is 74.4 Å². The normalized spacial score (nSPS) is 22.9. The first-order valence-electron chi connectivity index (χ1n) is 33.3. The van der Waals surface area contributed by atoms with E-state index in [1.165, 1.54) is 50.4 Å². The van der Waals surface area contributed by atoms with E-state index in [-0.39, 0.29) is 60.0 Å². The van der Waals surface area contributed by atoms with Gasteiger partial charge in [-0.2, -0.15) is 0 Å². The van der Waals surface area contributed by atoms with Crippen LogP contribution in [0.4, 0.5) is 10.6 Å². The van der Waals surface area contributed by atoms with Gasteiger partial charge in [0.1, 0.15) is 94.6 Å². The summed E-state index contributed by atoms with van der Waals surface area (Å²) in [6.45, 7) is 4.53. The topological polar surface area (TPSA) is 742 Å². The lowest BCUT2D eigenvalue weighted by molar-refractivity contribution is -0.372. The number of nitrogens with one attached hydrogen (secondary N) is 8. The molecule has 0 saturated carbocycles. The number of guanidine groups is 2. The Morgan fingerprint density at radius 3 is 2.02 bits per heavy atom. The number of aromatic nitrogens is 6. The Hall–Kier alpha value is -9.11. The van der Waals surface area contributed by atoms with Gasteiger partial charge in [-0.25, -0.2) is 29.7 Å². The lowest BCUT2D eigenvalue weighted by Crippen LogP contribution is -2.65. The number of amides is 8. The van der Waals surface area contributed by atoms with Crippen molar-refractivity contribution in [2.45, 2.75) is 176 Å². The number of unbranched alkanes of at least 4 members (excludes halogenated alkanes) is 2. The summed E-state index contributed by atoms with van der Waals surface area (Å²) in [4.78, 5) is 139. The summed E-state index contributed by atoms with van der Waals surface area (Å²) in [7, 11) is 0. The maximum Gasteiger partial charge on any atom is 0.404 e. The molecule has 10 unspecified atom stereocenters. The Morgan fingerprint density at radius 2 is 1.39 bits per heavy atom. The third kappa shape index (κ3) is 24.5. The summed E-state index contributed by atoms with van der Waals surface area (Å²) in [6, 6.07) is -7.92. The summed E-state index contributed by atoms with van der Waals surface area (Å²) < 4.78 is 28.8. The average molecular weight is 1540 g/mol. The predicted molar refractivity (Wildman–Crippen MR) is 374 cm³/mol. The van der Waals surface area contributed by atoms with Crippen LogP contribution in [0.3, 0.4) is 0 Å². The molecule has 44 nitrogen and oxygen atoms in total. The molecule has 0 aromatic carbocycles. The van der Waals surface area contributed by atoms with Crippen LogP contribution in [0.5, 0.6) is 0 Å². The molecule has 4 aromatic heterocycles. The summed E-state index contributed by atoms with van der Waals surface area (Å²) in [5, 5.41) is 111. The number of hydrogen-bond donors (Lipinski definition) is 24. The molecule has 32 N–H and O–H groups in total. The Bertz CT molecular complexity index is 3630. The molecule has 46 heteroatoms. The number of aliphatic hydroxyl groups excluding tert-OH is 8. The first-order valence-corrected chi connectivity index (χ1v) is 35.0. The molecule has 2 aliphatic rings. The number of anilines is 1. The van der Waals surface area contributed by atoms with Crippen LogP contribution in [-0.2, 0) is 54.1 Å². The number of nitrogen functional groups attached to an aromatic ring is 1. The first kappa shape index (κ1) is 85.8. The van der Waals surface area contributed by atoms with Crippen LogP contribution in [0.25, 0.3) is 10.7 Å². The second-order valence-corrected chi connectivity index (χ2v) is 26.5. The molecule has 6 heterocycles. The van der Waals surface area contributed by atoms with Gasteiger partial charge in [-0.15, -0.1) is 22.7 Å². The number of H-pyrrole nitrogens is 1. The second-order valence-electron chi connectivity index (χ2n) is 24.7. The van der Waals surface area contributed by atoms with Gasteiger partial charge in [-0.05, 0) is 46.5 Å². The molecular weight excluding hydrogens is 1440 g/mol. The smallest absolute Gasteiger partial charge is 0.404 e. The highest BCUT2D eigenvalue weighted by atomic mass is 32.1. The van der Waals surface area contributed by atoms with Gasteiger partial charge in [0, 0.05) is 68.4 Å². The molecule has 0 bridgehead atoms. The van der Waals surface area contributed by atoms with Crippen molar-refractivity contribution in [3.05, 3.63) is 56.8 Å². The van der Waals surface area contributed by atoms with Gasteiger partial charge in [0.15, 0.2) is 30.6 Å². The van der Waals surface area contributed by atoms with Crippen molar-refractivity contribution >= 4 is 87.9 Å². The van der Waals surface area contributed by atoms with Crippen LogP contribution in [0.2, 0.25) is 0 Å². The van der Waals surface area contributed by atoms with E-state index in [0.717, 1.165) is 25.4 Å². The SMILES string of the molecule is Cc1c(N)nc([C@H](CC(N)=O)NC[C@H](N)C(N)=O)nc1C(=O)N[C@H](C(=O)N[C@H](C)[C@@H](O)[C@H](C)C(=O)N[C@H](C(=O)NCCc1nc(-c2nc(C(=O)NCCCCNC(N)=NCCCCN=C(N)N)cs2)cs1)[C@@H](C)O)[C@@H](OC1OC(CO)C(O)C(O)C1OC1OC(CO)C(O)C(OC(N)=O)C1O)c1cnc[nH]1. The average Bonchev–Trinajstić information content (AvgIpc) is 0.905. The number of rotatable bonds is 41. The van der Waals surface area contributed by atoms with Crippen molar-refractivity contribution in [2.75, 3.05) is 58.2 Å². The molecule has 4 aromatic rings. The number of primary amides is 3. The van der Waals surface area contributed by atoms with Crippen LogP contribution in [0.1, 0.15) is 108 Å². The highest BCUT2D eigenvalue weighted by Gasteiger charge is 2.54. The molecule has 6 rings (SSSR count). The van der Waals surface area contributed by atoms with Crippen molar-refractivity contribution in [3.63, 3.8) is 0 Å². The van der Waals surface area contributed by atoms with Crippen molar-refractivity contribution < 1.29 is 103 Å². The lowest BCUT2D eigenvalue weighted by Gasteiger charge is -2.47. The van der Waals surface area contributed by atoms with E-state index in [1.807, 2.05) is 0 Å². The molecule has 0 aliphatic carbocycles. The fourth-order valence-corrected chi connectivity index (χ4v) is 12.2. The van der Waals surface area contributed by atoms with E-state index in [4.69, 9.17) is 69.6 Å². The Kier molecular flexibility index (Phi) is 33.3. The summed E-state index contributed by atoms with van der Waals surface area (Å²) in [5.74, 6) is -8.50. The number of aliphatic hydroxyl groups is 8. The highest BCUT2D eigenvalue weighted by Crippen LogP contribution is 2.35. The Labute approximate surface area is 613 Å². The Morgan fingerprint density at radius 1 is 0.717 bits per heavy atom. The van der Waals surface area contributed by atoms with Gasteiger partial charge >= 0.3 is 6.09 Å². The molecule has 19 atom stereocenters. The second kappa shape index (κ2) is 41.1. The zero-order valence-electron chi connectivity index (χ0n) is 58.1. The van der Waals surface area contributed by atoms with Crippen LogP contribution in [-0.4, -0.2) is 280 Å². The van der Waals surface area contributed by atoms with E-state index in [1.54, 1.807) is 10.8 Å². The molecule has 2 aliphatic heterocycles. The predicted octanol–water partition coefficient (Wildman–Crippen LogP) is -9.23. The van der Waals surface area contributed by atoms with E-state index < -0.39 is 183 Å². The van der Waals surface area contributed by atoms with Gasteiger partial charge < -0.3 is 153 Å². The summed E-state index contributed by atoms with van der Waals surface area (Å²) in [5.41, 5.74) is 44.6. The minimum atomic E-state index is -2.21. The number of hydrogen-bond acceptors (Lipinski definition) is 33. The quantitative estimate of drug-likeness (QED) is 0.0111. The standard InChI is InChI=1S/C60H95N23O21S2/c1-23-36(80-49(83-47(23)63)28(15-34(62)87)75-16-27(61)48(64)93)53(97)82-38(44(29-17-69-22-76-29)102-57-46(42(91)40(89)32(18-84)101-57)103-56-43(92)45(104-60(68)99)41(90)33(19-85)100-56)54(98)77-25(3)39(88)24(2)50(94)81-37(26(4)86)52(96)71-14-9-35-78-31(21-105-35)55-79-30(20-106-55)51(95)70-10-5-7-12-73-59(67)74-13-8-6-11-72-58(65)66/h17,20-22,24-28,32-33,37-46,56-57,75,84-86,88-92H,5-16,18-19,61H2,1-4H3,(H2,62,87)(H2,64,93)(H2,68,99)(H,69,76)(H,70,95)(H,71,96)(H,77,98)(H,81,94)(H,82,97)(H2,63,80,83)(H4,65,66,72)(H3,67,73,74)/t24-,25+,26+,27-,28-,32?,33?,37-,38-,39-,40?,41?,42?,43?,44-,45?,46?,56?,57?/m0/s1. The van der Waals surface area contributed by atoms with Gasteiger partial charge in [-0.3, -0.25) is 43.5 Å². The summed E-state index contributed by atoms with van der Waals surface area (Å²) in [6.07, 6.45) is -22.4. The zero-order chi connectivity index (χ0) is 78.2. The maximum atomic E-state index is 15.2. The fraction of sp³-hybridized carbons (Fsp3) is 0.617. The molecular formula is C60H95N23O21S2. The summed E-state index contributed by atoms with van der Waals surface area (Å²) >= 11 is 2.46. The van der Waals surface area contributed by atoms with Crippen LogP contribution < -0.4 is 83.1 Å². The molecule has 588 valence electrons. The van der Waals surface area contributed by atoms with Crippen LogP contribution >= 0.6 is 22.7 Å². The van der Waals surface area contributed by atoms with E-state index >= 15 is 4.79 Å². The van der Waals surface area contributed by atoms with Crippen molar-refractivity contribution in [3.8, 4) is 10.7 Å². The number of nitrogens with two attached hydrogens (primary N) is 8. The van der Waals surface area contributed by atoms with Gasteiger partial charge in [0.2, 0.25) is 29.5 Å². The number of carbonyl (C=O) groups is 8. The lowest BCUT2D eigenvalue weighted by atomic mass is 9.96. The molecule has 2 saturated heterocycles. The van der Waals surface area contributed by atoms with Gasteiger partial charge in [0.25, 0.3) is 11.8 Å². The zero-order valence-corrected chi connectivity index (χ0v) is 59.8. The van der Waals surface area contributed by atoms with Crippen LogP contribution in [0, 0.1) is 12.8 Å². The number of ether oxygens (including phenoxy) is 5. The van der Waals surface area contributed by atoms with Gasteiger partial charge in [0.05, 0.1) is 72.7 Å². The number of nitrogens with zero attached hydrogens (tertiary/aromatic N) is 7.